The van der Waals surface area contributed by atoms with Gasteiger partial charge in [0, 0.05) is 78.2 Å². The van der Waals surface area contributed by atoms with Crippen LogP contribution in [-0.4, -0.2) is 8.80 Å². The Hall–Kier alpha value is -7.82. The number of hydrogen-bond acceptors (Lipinski definition) is 2. The highest BCUT2D eigenvalue weighted by Gasteiger charge is 2.29. The molecule has 0 saturated heterocycles. The highest BCUT2D eigenvalue weighted by molar-refractivity contribution is 6.32. The normalized spacial score (nSPS) is 17.5. The lowest BCUT2D eigenvalue weighted by atomic mass is 9.86. The van der Waals surface area contributed by atoms with Crippen molar-refractivity contribution in [2.45, 2.75) is 91.7 Å². The van der Waals surface area contributed by atoms with Crippen molar-refractivity contribution in [1.29, 1.82) is 0 Å². The van der Waals surface area contributed by atoms with Gasteiger partial charge in [-0.25, -0.2) is 0 Å². The molecule has 0 saturated carbocycles. The zero-order chi connectivity index (χ0) is 67.5. The Morgan fingerprint density at radius 3 is 1.17 bits per heavy atom. The maximum absolute atomic E-state index is 10.8. The van der Waals surface area contributed by atoms with Crippen molar-refractivity contribution >= 4 is 110 Å². The Morgan fingerprint density at radius 2 is 0.792 bits per heavy atom. The fourth-order valence-corrected chi connectivity index (χ4v) is 10.5. The third kappa shape index (κ3) is 6.57. The van der Waals surface area contributed by atoms with Crippen LogP contribution in [0.25, 0.3) is 76.2 Å². The van der Waals surface area contributed by atoms with Crippen LogP contribution in [-0.2, 0) is 10.8 Å². The molecule has 13 rings (SSSR count). The average molecular weight is 956 g/mol. The van der Waals surface area contributed by atoms with Crippen molar-refractivity contribution < 1.29 is 28.8 Å². The first-order valence-corrected chi connectivity index (χ1v) is 24.3. The quantitative estimate of drug-likeness (QED) is 0.151. The fourth-order valence-electron chi connectivity index (χ4n) is 10.5. The molecule has 9 aromatic carbocycles. The van der Waals surface area contributed by atoms with Crippen molar-refractivity contribution in [2.75, 3.05) is 9.80 Å². The van der Waals surface area contributed by atoms with Crippen molar-refractivity contribution in [3.8, 4) is 0 Å². The van der Waals surface area contributed by atoms with Gasteiger partial charge in [-0.3, -0.25) is 0 Å². The molecule has 0 bridgehead atoms. The van der Waals surface area contributed by atoms with E-state index in [1.807, 2.05) is 101 Å². The summed E-state index contributed by atoms with van der Waals surface area (Å²) in [6, 6.07) is 25.5. The predicted octanol–water partition coefficient (Wildman–Crippen LogP) is 19.8. The van der Waals surface area contributed by atoms with Crippen molar-refractivity contribution in [3.63, 3.8) is 0 Å². The lowest BCUT2D eigenvalue weighted by Gasteiger charge is -2.27. The van der Waals surface area contributed by atoms with Gasteiger partial charge in [-0.15, -0.1) is 0 Å². The molecule has 0 amide bonds. The summed E-state index contributed by atoms with van der Waals surface area (Å²) < 4.78 is 206. The molecule has 13 aromatic rings. The second kappa shape index (κ2) is 15.8. The largest absolute Gasteiger partial charge is 0.310 e. The van der Waals surface area contributed by atoms with Gasteiger partial charge >= 0.3 is 0 Å². The SMILES string of the molecule is [2H]c1c([2H])c2c3c([2H])c4c(c([2H])c3n3c5c([2H])c([2H])c(C(C)(C)C)c([2H])c5c(c1N(c1ccccc1)c1ccc(C(C)C)cc1)c23)c1c([2H])c([2H])c(N(c2ccccc2)c2ccc(C(C)C)cc2)c2c3c([2H])c(C(C([2H])([2H])[2H])(C([2H])([2H])[2H])C([2H])([2H])[2H])c([2H])c([2H])c3n4c12. The molecule has 0 N–H and O–H groups in total. The van der Waals surface area contributed by atoms with Crippen molar-refractivity contribution in [2.24, 2.45) is 0 Å². The number of anilines is 6. The summed E-state index contributed by atoms with van der Waals surface area (Å²) in [6.07, 6.45) is 0. The van der Waals surface area contributed by atoms with E-state index in [1.165, 1.54) is 8.80 Å². The third-order valence-electron chi connectivity index (χ3n) is 14.2. The van der Waals surface area contributed by atoms with Crippen LogP contribution in [0.15, 0.2) is 182 Å². The van der Waals surface area contributed by atoms with Crippen LogP contribution < -0.4 is 9.80 Å². The van der Waals surface area contributed by atoms with Crippen LogP contribution in [0.5, 0.6) is 0 Å². The van der Waals surface area contributed by atoms with Gasteiger partial charge in [0.25, 0.3) is 0 Å². The Kier molecular flexibility index (Phi) is 5.97. The second-order valence-electron chi connectivity index (χ2n) is 20.5. The first kappa shape index (κ1) is 27.1. The van der Waals surface area contributed by atoms with Crippen LogP contribution in [0.3, 0.4) is 0 Å². The minimum Gasteiger partial charge on any atom is -0.310 e. The molecule has 0 aliphatic carbocycles. The average Bonchev–Trinajstić information content (AvgIpc) is 1.56. The summed E-state index contributed by atoms with van der Waals surface area (Å²) in [5.41, 5.74) is -3.20. The number of aromatic nitrogens is 2. The van der Waals surface area contributed by atoms with Gasteiger partial charge in [0.1, 0.15) is 0 Å². The molecule has 0 atom stereocenters. The van der Waals surface area contributed by atoms with E-state index in [0.717, 1.165) is 11.1 Å². The fraction of sp³-hybridized carbons (Fsp3) is 0.206. The summed E-state index contributed by atoms with van der Waals surface area (Å²) in [6.45, 7) is 1.55. The smallest absolute Gasteiger partial charge is 0.0653 e. The van der Waals surface area contributed by atoms with Gasteiger partial charge in [-0.1, -0.05) is 154 Å². The van der Waals surface area contributed by atoms with E-state index in [1.54, 1.807) is 52.3 Å². The first-order valence-electron chi connectivity index (χ1n) is 34.8. The molecule has 4 heteroatoms. The van der Waals surface area contributed by atoms with Gasteiger partial charge < -0.3 is 18.6 Å². The summed E-state index contributed by atoms with van der Waals surface area (Å²) in [4.78, 5) is 3.39. The van der Waals surface area contributed by atoms with Crippen molar-refractivity contribution in [3.05, 3.63) is 204 Å². The molecule has 354 valence electrons. The van der Waals surface area contributed by atoms with E-state index < -0.39 is 96.2 Å². The lowest BCUT2D eigenvalue weighted by Crippen LogP contribution is -2.11. The minimum atomic E-state index is -4.01. The molecule has 0 aliphatic heterocycles. The molecule has 72 heavy (non-hydrogen) atoms. The van der Waals surface area contributed by atoms with Gasteiger partial charge in [0.15, 0.2) is 0 Å². The topological polar surface area (TPSA) is 15.3 Å². The standard InChI is InChI=1S/C68H62N4/c1-41(2)43-21-27-49(28-22-43)69(47-17-13-11-14-18-47)59-35-31-51-53-39-62-54(40-61(53)71-57-33-25-45(67(5,6)7)37-55(57)63(59)65(51)71)52-32-36-60(64-56-38-46(68(8,9)10)26-34-58(56)72(62)66(52)64)70(48-19-15-12-16-20-48)50-29-23-44(24-30-50)42(3)4/h11-42H,1-10H3/i5D3,6D3,7D3,25D,26D,31D,32D,33D,34D,35D,36D,37D,38D,39D,40D. The van der Waals surface area contributed by atoms with E-state index in [0.29, 0.717) is 22.7 Å². The molecule has 4 heterocycles. The molecule has 0 aliphatic rings. The second-order valence-corrected chi connectivity index (χ2v) is 20.5. The Morgan fingerprint density at radius 1 is 0.403 bits per heavy atom. The highest BCUT2D eigenvalue weighted by Crippen LogP contribution is 2.52. The van der Waals surface area contributed by atoms with E-state index >= 15 is 0 Å². The number of para-hydroxylation sites is 2. The Bertz CT molecular complexity index is 5240. The summed E-state index contributed by atoms with van der Waals surface area (Å²) in [5.74, 6) is 0.202. The van der Waals surface area contributed by atoms with Gasteiger partial charge in [-0.2, -0.15) is 0 Å². The number of benzene rings is 9. The zero-order valence-electron chi connectivity index (χ0n) is 61.8. The maximum Gasteiger partial charge on any atom is 0.0653 e. The number of fused-ring (bicyclic) bond motifs is 12. The molecule has 0 radical (unpaired) electrons. The number of hydrogen-bond donors (Lipinski definition) is 0. The van der Waals surface area contributed by atoms with Crippen LogP contribution in [0.2, 0.25) is 0 Å². The van der Waals surface area contributed by atoms with Gasteiger partial charge in [-0.05, 0) is 142 Å². The van der Waals surface area contributed by atoms with Crippen LogP contribution >= 0.6 is 0 Å². The molecular weight excluding hydrogens is 873 g/mol. The lowest BCUT2D eigenvalue weighted by molar-refractivity contribution is 0.591. The Labute approximate surface area is 452 Å². The van der Waals surface area contributed by atoms with E-state index in [4.69, 9.17) is 12.3 Å². The highest BCUT2D eigenvalue weighted by atomic mass is 15.2. The van der Waals surface area contributed by atoms with E-state index in [-0.39, 0.29) is 118 Å². The van der Waals surface area contributed by atoms with Crippen LogP contribution in [0, 0.1) is 0 Å². The maximum atomic E-state index is 10.8. The molecule has 0 fully saturated rings. The van der Waals surface area contributed by atoms with Crippen molar-refractivity contribution in [1.82, 2.24) is 8.80 Å². The zero-order valence-corrected chi connectivity index (χ0v) is 40.8. The predicted molar refractivity (Wildman–Crippen MR) is 311 cm³/mol. The van der Waals surface area contributed by atoms with Gasteiger partial charge in [0.05, 0.1) is 60.9 Å². The monoisotopic (exact) mass is 956 g/mol. The van der Waals surface area contributed by atoms with E-state index in [2.05, 4.69) is 13.8 Å². The van der Waals surface area contributed by atoms with E-state index in [9.17, 15) is 16.4 Å². The van der Waals surface area contributed by atoms with Crippen LogP contribution in [0.1, 0.15) is 132 Å². The summed E-state index contributed by atoms with van der Waals surface area (Å²) in [5, 5.41) is -1.07. The molecule has 4 nitrogen and oxygen atoms in total. The third-order valence-corrected chi connectivity index (χ3v) is 14.2. The van der Waals surface area contributed by atoms with Gasteiger partial charge in [0.2, 0.25) is 0 Å². The summed E-state index contributed by atoms with van der Waals surface area (Å²) in [7, 11) is 0. The Balaban J connectivity index is 1.32. The molecule has 4 aromatic heterocycles. The molecule has 0 unspecified atom stereocenters. The first-order chi connectivity index (χ1) is 43.5. The molecular formula is C68H62N4. The number of nitrogens with zero attached hydrogens (tertiary/aromatic N) is 4. The number of rotatable bonds is 8. The minimum absolute atomic E-state index is 0.0481. The molecule has 0 spiro atoms. The summed E-state index contributed by atoms with van der Waals surface area (Å²) >= 11 is 0. The van der Waals surface area contributed by atoms with Crippen LogP contribution in [0.4, 0.5) is 34.1 Å².